The second-order valence-corrected chi connectivity index (χ2v) is 4.23. The molecule has 0 aromatic rings. The van der Waals surface area contributed by atoms with E-state index in [4.69, 9.17) is 9.47 Å². The Kier molecular flexibility index (Phi) is 1.86. The maximum absolute atomic E-state index is 12.8. The molecule has 2 fully saturated rings. The molecule has 4 unspecified atom stereocenters. The summed E-state index contributed by atoms with van der Waals surface area (Å²) in [5, 5.41) is 0. The van der Waals surface area contributed by atoms with Gasteiger partial charge >= 0.3 is 0 Å². The quantitative estimate of drug-likeness (QED) is 0.475. The molecule has 0 radical (unpaired) electrons. The second-order valence-electron chi connectivity index (χ2n) is 2.63. The van der Waals surface area contributed by atoms with Gasteiger partial charge in [0.05, 0.1) is 17.1 Å². The van der Waals surface area contributed by atoms with Crippen LogP contribution in [0.15, 0.2) is 0 Å². The fourth-order valence-corrected chi connectivity index (χ4v) is 2.23. The third kappa shape index (κ3) is 0.967. The van der Waals surface area contributed by atoms with Crippen molar-refractivity contribution in [2.45, 2.75) is 22.3 Å². The first-order chi connectivity index (χ1) is 4.79. The minimum absolute atomic E-state index is 0.00981. The van der Waals surface area contributed by atoms with E-state index in [1.165, 1.54) is 0 Å². The Morgan fingerprint density at radius 2 is 1.90 bits per heavy atom. The Bertz CT molecular complexity index is 128. The van der Waals surface area contributed by atoms with E-state index >= 15 is 0 Å². The molecule has 0 spiro atoms. The molecule has 10 heavy (non-hydrogen) atoms. The van der Waals surface area contributed by atoms with Crippen molar-refractivity contribution in [3.63, 3.8) is 0 Å². The second kappa shape index (κ2) is 2.57. The van der Waals surface area contributed by atoms with E-state index in [9.17, 15) is 4.39 Å². The summed E-state index contributed by atoms with van der Waals surface area (Å²) < 4.78 is 23.5. The van der Waals surface area contributed by atoms with Crippen LogP contribution in [0.1, 0.15) is 0 Å². The predicted molar refractivity (Wildman–Crippen MR) is 42.2 cm³/mol. The van der Waals surface area contributed by atoms with Crippen LogP contribution in [0.5, 0.6) is 0 Å². The largest absolute Gasteiger partial charge is 0.371 e. The van der Waals surface area contributed by atoms with Crippen molar-refractivity contribution in [2.24, 2.45) is 0 Å². The summed E-state index contributed by atoms with van der Waals surface area (Å²) >= 11 is 2.24. The van der Waals surface area contributed by atoms with Crippen LogP contribution in [0.3, 0.4) is 0 Å². The van der Waals surface area contributed by atoms with Gasteiger partial charge in [-0.2, -0.15) is 0 Å². The molecular weight excluding hydrogens is 250 g/mol. The Labute approximate surface area is 72.2 Å². The van der Waals surface area contributed by atoms with Crippen molar-refractivity contribution in [3.05, 3.63) is 0 Å². The number of alkyl halides is 2. The Morgan fingerprint density at radius 3 is 2.60 bits per heavy atom. The summed E-state index contributed by atoms with van der Waals surface area (Å²) in [6.45, 7) is 0.852. The van der Waals surface area contributed by atoms with Gasteiger partial charge in [-0.15, -0.1) is 0 Å². The molecule has 4 atom stereocenters. The smallest absolute Gasteiger partial charge is 0.152 e. The molecule has 0 bridgehead atoms. The number of ether oxygens (including phenoxy) is 2. The highest BCUT2D eigenvalue weighted by molar-refractivity contribution is 14.1. The van der Waals surface area contributed by atoms with Crippen molar-refractivity contribution in [2.75, 3.05) is 13.2 Å². The summed E-state index contributed by atoms with van der Waals surface area (Å²) in [5.74, 6) is 0. The highest BCUT2D eigenvalue weighted by atomic mass is 127. The molecule has 2 heterocycles. The highest BCUT2D eigenvalue weighted by Crippen LogP contribution is 2.32. The SMILES string of the molecule is FC1COC2C(I)COC12. The molecule has 0 aromatic heterocycles. The number of hydrogen-bond donors (Lipinski definition) is 0. The average Bonchev–Trinajstić information content (AvgIpc) is 2.41. The Hall–Kier alpha value is 0.580. The van der Waals surface area contributed by atoms with Gasteiger partial charge in [0, 0.05) is 0 Å². The van der Waals surface area contributed by atoms with Crippen LogP contribution in [-0.2, 0) is 9.47 Å². The number of rotatable bonds is 0. The zero-order chi connectivity index (χ0) is 7.14. The molecule has 2 nitrogen and oxygen atoms in total. The zero-order valence-corrected chi connectivity index (χ0v) is 7.45. The van der Waals surface area contributed by atoms with Crippen LogP contribution in [0, 0.1) is 0 Å². The van der Waals surface area contributed by atoms with Crippen LogP contribution < -0.4 is 0 Å². The predicted octanol–water partition coefficient (Wildman–Crippen LogP) is 0.926. The molecule has 2 rings (SSSR count). The van der Waals surface area contributed by atoms with Gasteiger partial charge in [0.25, 0.3) is 0 Å². The minimum atomic E-state index is -0.898. The van der Waals surface area contributed by atoms with Gasteiger partial charge in [-0.3, -0.25) is 0 Å². The van der Waals surface area contributed by atoms with Gasteiger partial charge < -0.3 is 9.47 Å². The van der Waals surface area contributed by atoms with Crippen LogP contribution in [0.2, 0.25) is 0 Å². The minimum Gasteiger partial charge on any atom is -0.371 e. The molecule has 0 aromatic carbocycles. The fourth-order valence-electron chi connectivity index (χ4n) is 1.41. The molecule has 0 saturated carbocycles. The van der Waals surface area contributed by atoms with Gasteiger partial charge in [0.2, 0.25) is 0 Å². The van der Waals surface area contributed by atoms with Crippen molar-refractivity contribution in [1.82, 2.24) is 0 Å². The maximum Gasteiger partial charge on any atom is 0.152 e. The van der Waals surface area contributed by atoms with Crippen LogP contribution in [-0.4, -0.2) is 35.5 Å². The molecule has 2 saturated heterocycles. The third-order valence-electron chi connectivity index (χ3n) is 1.93. The lowest BCUT2D eigenvalue weighted by Crippen LogP contribution is -2.26. The lowest BCUT2D eigenvalue weighted by Gasteiger charge is -2.08. The number of halogens is 2. The lowest BCUT2D eigenvalue weighted by molar-refractivity contribution is 0.0543. The summed E-state index contributed by atoms with van der Waals surface area (Å²) in [4.78, 5) is 0. The van der Waals surface area contributed by atoms with E-state index in [0.29, 0.717) is 10.5 Å². The first-order valence-corrected chi connectivity index (χ1v) is 4.55. The topological polar surface area (TPSA) is 18.5 Å². The number of fused-ring (bicyclic) bond motifs is 1. The van der Waals surface area contributed by atoms with Crippen molar-refractivity contribution in [3.8, 4) is 0 Å². The molecule has 0 N–H and O–H groups in total. The van der Waals surface area contributed by atoms with Gasteiger partial charge in [0.1, 0.15) is 12.2 Å². The average molecular weight is 258 g/mol. The van der Waals surface area contributed by atoms with Gasteiger partial charge in [0.15, 0.2) is 6.17 Å². The van der Waals surface area contributed by atoms with Crippen LogP contribution in [0.4, 0.5) is 4.39 Å². The molecule has 2 aliphatic rings. The van der Waals surface area contributed by atoms with Crippen molar-refractivity contribution in [1.29, 1.82) is 0 Å². The summed E-state index contributed by atoms with van der Waals surface area (Å²) in [6.07, 6.45) is -1.16. The standard InChI is InChI=1S/C6H8FIO2/c7-3-1-9-6-4(8)2-10-5(3)6/h3-6H,1-2H2. The first kappa shape index (κ1) is 7.24. The summed E-state index contributed by atoms with van der Waals surface area (Å²) in [5.41, 5.74) is 0. The Balaban J connectivity index is 2.09. The monoisotopic (exact) mass is 258 g/mol. The molecule has 58 valence electrons. The molecule has 0 amide bonds. The molecule has 2 aliphatic heterocycles. The number of hydrogen-bond acceptors (Lipinski definition) is 2. The maximum atomic E-state index is 12.8. The third-order valence-corrected chi connectivity index (χ3v) is 3.00. The summed E-state index contributed by atoms with van der Waals surface area (Å²) in [6, 6.07) is 0. The normalized spacial score (nSPS) is 53.4. The van der Waals surface area contributed by atoms with Gasteiger partial charge in [-0.25, -0.2) is 4.39 Å². The van der Waals surface area contributed by atoms with Gasteiger partial charge in [-0.1, -0.05) is 22.6 Å². The fraction of sp³-hybridized carbons (Fsp3) is 1.00. The van der Waals surface area contributed by atoms with E-state index in [-0.39, 0.29) is 18.8 Å². The zero-order valence-electron chi connectivity index (χ0n) is 5.30. The van der Waals surface area contributed by atoms with Crippen molar-refractivity contribution >= 4 is 22.6 Å². The van der Waals surface area contributed by atoms with E-state index in [1.54, 1.807) is 0 Å². The molecular formula is C6H8FIO2. The van der Waals surface area contributed by atoms with Crippen molar-refractivity contribution < 1.29 is 13.9 Å². The molecule has 0 aliphatic carbocycles. The highest BCUT2D eigenvalue weighted by Gasteiger charge is 2.46. The van der Waals surface area contributed by atoms with E-state index in [1.807, 2.05) is 0 Å². The molecule has 4 heteroatoms. The van der Waals surface area contributed by atoms with E-state index < -0.39 is 6.17 Å². The van der Waals surface area contributed by atoms with E-state index in [2.05, 4.69) is 22.6 Å². The van der Waals surface area contributed by atoms with Gasteiger partial charge in [-0.05, 0) is 0 Å². The lowest BCUT2D eigenvalue weighted by atomic mass is 10.2. The van der Waals surface area contributed by atoms with Crippen LogP contribution >= 0.6 is 22.6 Å². The van der Waals surface area contributed by atoms with E-state index in [0.717, 1.165) is 0 Å². The first-order valence-electron chi connectivity index (χ1n) is 3.30. The summed E-state index contributed by atoms with van der Waals surface area (Å²) in [7, 11) is 0. The Morgan fingerprint density at radius 1 is 1.20 bits per heavy atom. The van der Waals surface area contributed by atoms with Crippen LogP contribution in [0.25, 0.3) is 0 Å².